The first kappa shape index (κ1) is 17.7. The van der Waals surface area contributed by atoms with Crippen molar-refractivity contribution in [2.45, 2.75) is 49.5 Å². The third kappa shape index (κ3) is 5.16. The van der Waals surface area contributed by atoms with E-state index in [1.165, 1.54) is 43.0 Å². The first-order chi connectivity index (χ1) is 12.2. The summed E-state index contributed by atoms with van der Waals surface area (Å²) in [5.74, 6) is 0.398. The first-order valence-electron chi connectivity index (χ1n) is 8.58. The Kier molecular flexibility index (Phi) is 6.22. The molecule has 0 unspecified atom stereocenters. The molecule has 0 saturated heterocycles. The lowest BCUT2D eigenvalue weighted by Gasteiger charge is -2.14. The Morgan fingerprint density at radius 3 is 3.08 bits per heavy atom. The third-order valence-corrected chi connectivity index (χ3v) is 5.03. The number of hydrogen-bond acceptors (Lipinski definition) is 6. The number of aromatic nitrogens is 3. The van der Waals surface area contributed by atoms with Crippen LogP contribution in [0.5, 0.6) is 0 Å². The number of nitrogens with zero attached hydrogens (tertiary/aromatic N) is 3. The maximum Gasteiger partial charge on any atom is 0.277 e. The van der Waals surface area contributed by atoms with Gasteiger partial charge in [-0.05, 0) is 51.2 Å². The average Bonchev–Trinajstić information content (AvgIpc) is 3.12. The van der Waals surface area contributed by atoms with Gasteiger partial charge in [-0.2, -0.15) is 0 Å². The lowest BCUT2D eigenvalue weighted by Crippen LogP contribution is -2.31. The average molecular weight is 358 g/mol. The number of amides is 1. The van der Waals surface area contributed by atoms with E-state index in [1.807, 2.05) is 19.1 Å². The van der Waals surface area contributed by atoms with E-state index in [0.29, 0.717) is 17.7 Å². The van der Waals surface area contributed by atoms with E-state index in [2.05, 4.69) is 26.6 Å². The van der Waals surface area contributed by atoms with Gasteiger partial charge in [0.25, 0.3) is 5.22 Å². The van der Waals surface area contributed by atoms with E-state index in [-0.39, 0.29) is 11.2 Å². The fraction of sp³-hybridized carbons (Fsp3) is 0.444. The Balaban J connectivity index is 1.46. The van der Waals surface area contributed by atoms with Crippen LogP contribution < -0.4 is 5.32 Å². The molecule has 1 aliphatic rings. The van der Waals surface area contributed by atoms with Crippen LogP contribution in [0, 0.1) is 0 Å². The second-order valence-electron chi connectivity index (χ2n) is 6.02. The Morgan fingerprint density at radius 2 is 2.32 bits per heavy atom. The van der Waals surface area contributed by atoms with E-state index in [9.17, 15) is 4.79 Å². The molecule has 0 aliphatic heterocycles. The molecule has 2 aromatic heterocycles. The second-order valence-corrected chi connectivity index (χ2v) is 7.32. The number of hydrogen-bond donors (Lipinski definition) is 1. The number of rotatable bonds is 7. The number of thioether (sulfide) groups is 1. The lowest BCUT2D eigenvalue weighted by atomic mass is 9.97. The van der Waals surface area contributed by atoms with Crippen molar-refractivity contribution in [3.05, 3.63) is 36.2 Å². The zero-order valence-electron chi connectivity index (χ0n) is 14.3. The van der Waals surface area contributed by atoms with E-state index < -0.39 is 0 Å². The number of carbonyl (C=O) groups excluding carboxylic acids is 1. The molecule has 132 valence electrons. The summed E-state index contributed by atoms with van der Waals surface area (Å²) in [5.41, 5.74) is 2.23. The minimum atomic E-state index is -0.289. The van der Waals surface area contributed by atoms with Crippen LogP contribution in [0.1, 0.15) is 39.0 Å². The van der Waals surface area contributed by atoms with Gasteiger partial charge < -0.3 is 9.73 Å². The highest BCUT2D eigenvalue weighted by molar-refractivity contribution is 8.00. The van der Waals surface area contributed by atoms with Crippen molar-refractivity contribution >= 4 is 17.7 Å². The normalized spacial score (nSPS) is 15.5. The van der Waals surface area contributed by atoms with Crippen LogP contribution in [0.4, 0.5) is 0 Å². The van der Waals surface area contributed by atoms with Crippen LogP contribution in [0.2, 0.25) is 0 Å². The van der Waals surface area contributed by atoms with Gasteiger partial charge in [0, 0.05) is 18.9 Å². The number of allylic oxidation sites excluding steroid dienone is 1. The Hall–Kier alpha value is -2.15. The van der Waals surface area contributed by atoms with Crippen molar-refractivity contribution in [1.82, 2.24) is 20.5 Å². The van der Waals surface area contributed by atoms with Gasteiger partial charge in [-0.15, -0.1) is 10.2 Å². The molecule has 0 spiro atoms. The summed E-state index contributed by atoms with van der Waals surface area (Å²) >= 11 is 1.27. The zero-order chi connectivity index (χ0) is 17.5. The van der Waals surface area contributed by atoms with Gasteiger partial charge >= 0.3 is 0 Å². The van der Waals surface area contributed by atoms with Crippen molar-refractivity contribution in [2.24, 2.45) is 0 Å². The van der Waals surface area contributed by atoms with Crippen molar-refractivity contribution in [3.63, 3.8) is 0 Å². The minimum Gasteiger partial charge on any atom is -0.411 e. The predicted molar refractivity (Wildman–Crippen MR) is 97.0 cm³/mol. The summed E-state index contributed by atoms with van der Waals surface area (Å²) < 4.78 is 5.60. The van der Waals surface area contributed by atoms with Gasteiger partial charge in [0.15, 0.2) is 0 Å². The highest BCUT2D eigenvalue weighted by Crippen LogP contribution is 2.26. The van der Waals surface area contributed by atoms with Crippen molar-refractivity contribution in [3.8, 4) is 11.5 Å². The summed E-state index contributed by atoms with van der Waals surface area (Å²) in [6, 6.07) is 3.66. The summed E-state index contributed by atoms with van der Waals surface area (Å²) in [6.07, 6.45) is 11.5. The Bertz CT molecular complexity index is 730. The fourth-order valence-corrected chi connectivity index (χ4v) is 3.40. The number of nitrogens with one attached hydrogen (secondary N) is 1. The molecule has 25 heavy (non-hydrogen) atoms. The van der Waals surface area contributed by atoms with Gasteiger partial charge in [0.1, 0.15) is 0 Å². The highest BCUT2D eigenvalue weighted by atomic mass is 32.2. The van der Waals surface area contributed by atoms with E-state index in [0.717, 1.165) is 12.0 Å². The van der Waals surface area contributed by atoms with Gasteiger partial charge in [0.05, 0.1) is 10.8 Å². The monoisotopic (exact) mass is 358 g/mol. The minimum absolute atomic E-state index is 0.0115. The van der Waals surface area contributed by atoms with Crippen LogP contribution in [0.25, 0.3) is 11.5 Å². The lowest BCUT2D eigenvalue weighted by molar-refractivity contribution is -0.120. The maximum atomic E-state index is 12.2. The van der Waals surface area contributed by atoms with Gasteiger partial charge in [0.2, 0.25) is 11.8 Å². The van der Waals surface area contributed by atoms with Crippen molar-refractivity contribution in [2.75, 3.05) is 6.54 Å². The SMILES string of the molecule is C[C@H](Sc1nnc(-c2cccnc2)o1)C(=O)NCCC1=CCCCC1. The van der Waals surface area contributed by atoms with E-state index in [4.69, 9.17) is 4.42 Å². The summed E-state index contributed by atoms with van der Waals surface area (Å²) in [7, 11) is 0. The molecule has 1 aliphatic carbocycles. The van der Waals surface area contributed by atoms with Gasteiger partial charge in [-0.1, -0.05) is 23.4 Å². The molecular weight excluding hydrogens is 336 g/mol. The predicted octanol–water partition coefficient (Wildman–Crippen LogP) is 3.62. The van der Waals surface area contributed by atoms with Crippen LogP contribution in [0.3, 0.4) is 0 Å². The van der Waals surface area contributed by atoms with Gasteiger partial charge in [-0.25, -0.2) is 0 Å². The van der Waals surface area contributed by atoms with Crippen molar-refractivity contribution in [1.29, 1.82) is 0 Å². The summed E-state index contributed by atoms with van der Waals surface area (Å²) in [5, 5.41) is 11.1. The Morgan fingerprint density at radius 1 is 1.40 bits per heavy atom. The molecule has 0 radical (unpaired) electrons. The quantitative estimate of drug-likeness (QED) is 0.601. The molecule has 1 amide bonds. The molecule has 2 heterocycles. The molecule has 1 atom stereocenters. The van der Waals surface area contributed by atoms with Crippen LogP contribution in [-0.2, 0) is 4.79 Å². The highest BCUT2D eigenvalue weighted by Gasteiger charge is 2.18. The molecule has 6 nitrogen and oxygen atoms in total. The molecule has 0 aromatic carbocycles. The molecule has 1 N–H and O–H groups in total. The number of carbonyl (C=O) groups is 1. The molecule has 0 saturated carbocycles. The molecule has 0 fully saturated rings. The molecule has 0 bridgehead atoms. The molecular formula is C18H22N4O2S. The largest absolute Gasteiger partial charge is 0.411 e. The van der Waals surface area contributed by atoms with Gasteiger partial charge in [-0.3, -0.25) is 9.78 Å². The van der Waals surface area contributed by atoms with E-state index in [1.54, 1.807) is 12.4 Å². The second kappa shape index (κ2) is 8.80. The van der Waals surface area contributed by atoms with Crippen LogP contribution in [0.15, 0.2) is 45.8 Å². The Labute approximate surface area is 151 Å². The standard InChI is InChI=1S/C18H22N4O2S/c1-13(16(23)20-11-9-14-6-3-2-4-7-14)25-18-22-21-17(24-18)15-8-5-10-19-12-15/h5-6,8,10,12-13H,2-4,7,9,11H2,1H3,(H,20,23)/t13-/m0/s1. The van der Waals surface area contributed by atoms with Crippen molar-refractivity contribution < 1.29 is 9.21 Å². The summed E-state index contributed by atoms with van der Waals surface area (Å²) in [6.45, 7) is 2.52. The third-order valence-electron chi connectivity index (χ3n) is 4.09. The van der Waals surface area contributed by atoms with Crippen LogP contribution in [-0.4, -0.2) is 32.9 Å². The molecule has 7 heteroatoms. The van der Waals surface area contributed by atoms with Crippen LogP contribution >= 0.6 is 11.8 Å². The fourth-order valence-electron chi connectivity index (χ4n) is 2.69. The zero-order valence-corrected chi connectivity index (χ0v) is 15.1. The smallest absolute Gasteiger partial charge is 0.277 e. The molecule has 3 rings (SSSR count). The maximum absolute atomic E-state index is 12.2. The first-order valence-corrected chi connectivity index (χ1v) is 9.46. The molecule has 2 aromatic rings. The topological polar surface area (TPSA) is 80.9 Å². The number of pyridine rings is 1. The summed E-state index contributed by atoms with van der Waals surface area (Å²) in [4.78, 5) is 16.2. The van der Waals surface area contributed by atoms with E-state index >= 15 is 0 Å².